The Kier molecular flexibility index (Phi) is 2.75. The summed E-state index contributed by atoms with van der Waals surface area (Å²) in [6.07, 6.45) is 8.48. The van der Waals surface area contributed by atoms with E-state index >= 15 is 0 Å². The van der Waals surface area contributed by atoms with Gasteiger partial charge in [-0.15, -0.1) is 0 Å². The Hall–Kier alpha value is -3.35. The van der Waals surface area contributed by atoms with Crippen molar-refractivity contribution in [2.45, 2.75) is 0 Å². The van der Waals surface area contributed by atoms with Crippen molar-refractivity contribution in [2.75, 3.05) is 0 Å². The normalized spacial score (nSPS) is 10.9. The zero-order valence-electron chi connectivity index (χ0n) is 11.3. The summed E-state index contributed by atoms with van der Waals surface area (Å²) in [6.45, 7) is 0. The molecule has 4 rings (SSSR count). The van der Waals surface area contributed by atoms with Crippen molar-refractivity contribution in [1.82, 2.24) is 29.7 Å². The molecule has 0 saturated carbocycles. The zero-order chi connectivity index (χ0) is 14.9. The van der Waals surface area contributed by atoms with Gasteiger partial charge in [0, 0.05) is 30.0 Å². The van der Waals surface area contributed by atoms with Crippen molar-refractivity contribution in [3.05, 3.63) is 55.2 Å². The molecule has 0 aliphatic heterocycles. The monoisotopic (exact) mass is 290 g/mol. The van der Waals surface area contributed by atoms with Gasteiger partial charge in [-0.1, -0.05) is 0 Å². The van der Waals surface area contributed by atoms with Gasteiger partial charge in [0.05, 0.1) is 18.1 Å². The molecule has 0 aliphatic carbocycles. The Morgan fingerprint density at radius 2 is 2.00 bits per heavy atom. The second kappa shape index (κ2) is 4.88. The summed E-state index contributed by atoms with van der Waals surface area (Å²) in [6, 6.07) is 7.03. The SMILES string of the molecule is Oc1ccnc(-c2cc3cn(-c4cccnc4)nc3cn2)n1. The maximum atomic E-state index is 9.44. The molecule has 0 aliphatic rings. The highest BCUT2D eigenvalue weighted by atomic mass is 16.3. The van der Waals surface area contributed by atoms with Crippen LogP contribution in [-0.2, 0) is 0 Å². The molecule has 4 aromatic rings. The molecule has 0 amide bonds. The molecule has 0 atom stereocenters. The lowest BCUT2D eigenvalue weighted by Gasteiger charge is -1.98. The molecule has 0 radical (unpaired) electrons. The van der Waals surface area contributed by atoms with E-state index in [9.17, 15) is 5.11 Å². The molecular formula is C15H10N6O. The lowest BCUT2D eigenvalue weighted by molar-refractivity contribution is 0.452. The molecule has 0 bridgehead atoms. The van der Waals surface area contributed by atoms with Gasteiger partial charge < -0.3 is 5.11 Å². The van der Waals surface area contributed by atoms with Crippen LogP contribution in [0.5, 0.6) is 5.88 Å². The largest absolute Gasteiger partial charge is 0.493 e. The minimum Gasteiger partial charge on any atom is -0.493 e. The van der Waals surface area contributed by atoms with E-state index in [-0.39, 0.29) is 5.88 Å². The van der Waals surface area contributed by atoms with E-state index in [1.165, 1.54) is 12.3 Å². The first-order valence-electron chi connectivity index (χ1n) is 6.58. The minimum absolute atomic E-state index is 0.0852. The summed E-state index contributed by atoms with van der Waals surface area (Å²) in [4.78, 5) is 16.5. The fourth-order valence-corrected chi connectivity index (χ4v) is 2.14. The smallest absolute Gasteiger partial charge is 0.214 e. The van der Waals surface area contributed by atoms with Gasteiger partial charge in [0.2, 0.25) is 5.88 Å². The standard InChI is InChI=1S/C15H10N6O/c22-14-3-5-17-15(19-14)12-6-10-9-21(20-13(10)8-18-12)11-2-1-4-16-7-11/h1-9H,(H,17,19,22). The lowest BCUT2D eigenvalue weighted by Crippen LogP contribution is -1.93. The predicted octanol–water partition coefficient (Wildman–Crippen LogP) is 1.98. The average molecular weight is 290 g/mol. The second-order valence-electron chi connectivity index (χ2n) is 4.65. The third-order valence-corrected chi connectivity index (χ3v) is 3.17. The van der Waals surface area contributed by atoms with Crippen LogP contribution in [0.15, 0.2) is 55.2 Å². The van der Waals surface area contributed by atoms with Gasteiger partial charge >= 0.3 is 0 Å². The van der Waals surface area contributed by atoms with Crippen molar-refractivity contribution >= 4 is 10.9 Å². The van der Waals surface area contributed by atoms with Crippen LogP contribution >= 0.6 is 0 Å². The minimum atomic E-state index is -0.0852. The quantitative estimate of drug-likeness (QED) is 0.607. The summed E-state index contributed by atoms with van der Waals surface area (Å²) in [5.74, 6) is 0.286. The summed E-state index contributed by atoms with van der Waals surface area (Å²) in [7, 11) is 0. The number of aromatic hydroxyl groups is 1. The maximum absolute atomic E-state index is 9.44. The fourth-order valence-electron chi connectivity index (χ4n) is 2.14. The summed E-state index contributed by atoms with van der Waals surface area (Å²) in [5, 5.41) is 14.8. The Morgan fingerprint density at radius 1 is 1.05 bits per heavy atom. The third-order valence-electron chi connectivity index (χ3n) is 3.17. The Bertz CT molecular complexity index is 951. The highest BCUT2D eigenvalue weighted by Crippen LogP contribution is 2.20. The van der Waals surface area contributed by atoms with Gasteiger partial charge in [-0.05, 0) is 18.2 Å². The number of pyridine rings is 2. The molecule has 1 N–H and O–H groups in total. The summed E-state index contributed by atoms with van der Waals surface area (Å²) in [5.41, 5.74) is 2.20. The summed E-state index contributed by atoms with van der Waals surface area (Å²) < 4.78 is 1.74. The first kappa shape index (κ1) is 12.4. The summed E-state index contributed by atoms with van der Waals surface area (Å²) >= 11 is 0. The van der Waals surface area contributed by atoms with Crippen LogP contribution < -0.4 is 0 Å². The molecule has 0 spiro atoms. The van der Waals surface area contributed by atoms with Gasteiger partial charge in [-0.3, -0.25) is 9.97 Å². The van der Waals surface area contributed by atoms with Crippen molar-refractivity contribution < 1.29 is 5.11 Å². The van der Waals surface area contributed by atoms with Crippen molar-refractivity contribution in [1.29, 1.82) is 0 Å². The predicted molar refractivity (Wildman–Crippen MR) is 79.4 cm³/mol. The van der Waals surface area contributed by atoms with E-state index in [0.717, 1.165) is 16.6 Å². The van der Waals surface area contributed by atoms with E-state index in [4.69, 9.17) is 0 Å². The van der Waals surface area contributed by atoms with E-state index in [2.05, 4.69) is 25.0 Å². The van der Waals surface area contributed by atoms with Crippen molar-refractivity contribution in [3.63, 3.8) is 0 Å². The highest BCUT2D eigenvalue weighted by molar-refractivity contribution is 5.81. The van der Waals surface area contributed by atoms with Crippen LogP contribution in [-0.4, -0.2) is 34.8 Å². The molecule has 4 aromatic heterocycles. The van der Waals surface area contributed by atoms with Crippen LogP contribution in [0.2, 0.25) is 0 Å². The van der Waals surface area contributed by atoms with E-state index in [1.54, 1.807) is 23.3 Å². The number of rotatable bonds is 2. The number of hydrogen-bond donors (Lipinski definition) is 1. The molecule has 4 heterocycles. The molecule has 0 fully saturated rings. The van der Waals surface area contributed by atoms with Crippen molar-refractivity contribution in [3.8, 4) is 23.1 Å². The van der Waals surface area contributed by atoms with E-state index in [1.807, 2.05) is 24.4 Å². The van der Waals surface area contributed by atoms with E-state index < -0.39 is 0 Å². The van der Waals surface area contributed by atoms with E-state index in [0.29, 0.717) is 11.5 Å². The fraction of sp³-hybridized carbons (Fsp3) is 0. The topological polar surface area (TPSA) is 89.6 Å². The Morgan fingerprint density at radius 3 is 2.82 bits per heavy atom. The van der Waals surface area contributed by atoms with Gasteiger partial charge in [0.15, 0.2) is 5.82 Å². The maximum Gasteiger partial charge on any atom is 0.214 e. The number of nitrogens with zero attached hydrogens (tertiary/aromatic N) is 6. The van der Waals surface area contributed by atoms with Gasteiger partial charge in [0.25, 0.3) is 0 Å². The Labute approximate surface area is 125 Å². The first-order valence-corrected chi connectivity index (χ1v) is 6.58. The molecule has 0 saturated heterocycles. The van der Waals surface area contributed by atoms with Crippen LogP contribution in [0.25, 0.3) is 28.1 Å². The van der Waals surface area contributed by atoms with Crippen LogP contribution in [0.4, 0.5) is 0 Å². The van der Waals surface area contributed by atoms with Gasteiger partial charge in [-0.25, -0.2) is 9.67 Å². The number of aromatic nitrogens is 6. The van der Waals surface area contributed by atoms with Crippen LogP contribution in [0.3, 0.4) is 0 Å². The average Bonchev–Trinajstić information content (AvgIpc) is 2.99. The highest BCUT2D eigenvalue weighted by Gasteiger charge is 2.08. The second-order valence-corrected chi connectivity index (χ2v) is 4.65. The van der Waals surface area contributed by atoms with Gasteiger partial charge in [0.1, 0.15) is 11.2 Å². The number of hydrogen-bond acceptors (Lipinski definition) is 6. The zero-order valence-corrected chi connectivity index (χ0v) is 11.3. The molecule has 106 valence electrons. The number of fused-ring (bicyclic) bond motifs is 1. The van der Waals surface area contributed by atoms with Crippen LogP contribution in [0.1, 0.15) is 0 Å². The molecule has 0 aromatic carbocycles. The molecule has 7 heteroatoms. The first-order chi connectivity index (χ1) is 10.8. The molecule has 22 heavy (non-hydrogen) atoms. The lowest BCUT2D eigenvalue weighted by atomic mass is 10.2. The molecule has 0 unspecified atom stereocenters. The third kappa shape index (κ3) is 2.14. The van der Waals surface area contributed by atoms with Gasteiger partial charge in [-0.2, -0.15) is 10.1 Å². The molecular weight excluding hydrogens is 280 g/mol. The molecule has 7 nitrogen and oxygen atoms in total. The Balaban J connectivity index is 1.82. The van der Waals surface area contributed by atoms with Crippen LogP contribution in [0, 0.1) is 0 Å². The van der Waals surface area contributed by atoms with Crippen molar-refractivity contribution in [2.24, 2.45) is 0 Å².